The quantitative estimate of drug-likeness (QED) is 0.850. The van der Waals surface area contributed by atoms with Crippen LogP contribution in [0.4, 0.5) is 13.2 Å². The Morgan fingerprint density at radius 2 is 2.12 bits per heavy atom. The van der Waals surface area contributed by atoms with Crippen LogP contribution in [0.15, 0.2) is 4.52 Å². The Balaban J connectivity index is 2.07. The van der Waals surface area contributed by atoms with Gasteiger partial charge in [0.2, 0.25) is 5.89 Å². The van der Waals surface area contributed by atoms with Crippen LogP contribution in [0.1, 0.15) is 36.9 Å². The van der Waals surface area contributed by atoms with E-state index in [1.54, 1.807) is 0 Å². The number of aliphatic hydroxyl groups is 1. The van der Waals surface area contributed by atoms with Gasteiger partial charge in [0.1, 0.15) is 6.42 Å². The van der Waals surface area contributed by atoms with E-state index in [2.05, 4.69) is 10.1 Å². The van der Waals surface area contributed by atoms with Gasteiger partial charge in [-0.05, 0) is 19.3 Å². The van der Waals surface area contributed by atoms with E-state index < -0.39 is 18.7 Å². The van der Waals surface area contributed by atoms with Crippen molar-refractivity contribution in [1.29, 1.82) is 0 Å². The summed E-state index contributed by atoms with van der Waals surface area (Å²) in [6, 6.07) is 0. The molecule has 2 unspecified atom stereocenters. The highest BCUT2D eigenvalue weighted by atomic mass is 19.4. The smallest absolute Gasteiger partial charge is 0.392 e. The van der Waals surface area contributed by atoms with E-state index in [9.17, 15) is 18.3 Å². The molecule has 90 valence electrons. The monoisotopic (exact) mass is 236 g/mol. The van der Waals surface area contributed by atoms with Gasteiger partial charge in [-0.1, -0.05) is 5.16 Å². The van der Waals surface area contributed by atoms with Gasteiger partial charge in [0.05, 0.1) is 12.0 Å². The lowest BCUT2D eigenvalue weighted by Crippen LogP contribution is -2.14. The van der Waals surface area contributed by atoms with Gasteiger partial charge in [0.15, 0.2) is 5.82 Å². The first-order chi connectivity index (χ1) is 7.46. The molecule has 0 aromatic carbocycles. The Morgan fingerprint density at radius 1 is 1.38 bits per heavy atom. The first-order valence-corrected chi connectivity index (χ1v) is 5.03. The second-order valence-electron chi connectivity index (χ2n) is 3.95. The summed E-state index contributed by atoms with van der Waals surface area (Å²) in [4.78, 5) is 3.67. The van der Waals surface area contributed by atoms with Gasteiger partial charge < -0.3 is 9.63 Å². The predicted molar refractivity (Wildman–Crippen MR) is 46.7 cm³/mol. The molecule has 1 saturated carbocycles. The van der Waals surface area contributed by atoms with Gasteiger partial charge in [0, 0.05) is 0 Å². The Morgan fingerprint density at radius 3 is 2.69 bits per heavy atom. The van der Waals surface area contributed by atoms with Crippen LogP contribution in [0.25, 0.3) is 0 Å². The lowest BCUT2D eigenvalue weighted by Gasteiger charge is -2.07. The summed E-state index contributed by atoms with van der Waals surface area (Å²) in [7, 11) is 0. The van der Waals surface area contributed by atoms with E-state index in [1.807, 2.05) is 0 Å². The van der Waals surface area contributed by atoms with Crippen molar-refractivity contribution in [2.75, 3.05) is 0 Å². The molecule has 7 heteroatoms. The van der Waals surface area contributed by atoms with Crippen molar-refractivity contribution in [2.45, 2.75) is 43.9 Å². The fourth-order valence-electron chi connectivity index (χ4n) is 1.90. The Hall–Kier alpha value is -1.11. The average molecular weight is 236 g/mol. The molecule has 1 aromatic rings. The molecule has 0 bridgehead atoms. The Bertz CT molecular complexity index is 364. The maximum atomic E-state index is 12.0. The molecule has 0 spiro atoms. The van der Waals surface area contributed by atoms with Crippen molar-refractivity contribution < 1.29 is 22.8 Å². The molecule has 1 N–H and O–H groups in total. The van der Waals surface area contributed by atoms with Crippen LogP contribution in [0, 0.1) is 0 Å². The van der Waals surface area contributed by atoms with Gasteiger partial charge in [0.25, 0.3) is 0 Å². The molecule has 2 atom stereocenters. The van der Waals surface area contributed by atoms with Gasteiger partial charge in [-0.2, -0.15) is 18.2 Å². The average Bonchev–Trinajstić information content (AvgIpc) is 2.71. The summed E-state index contributed by atoms with van der Waals surface area (Å²) in [5.74, 6) is -0.569. The standard InChI is InChI=1S/C9H11F3N2O2/c10-9(11,12)4-7-13-8(16-14-7)5-2-1-3-6(5)15/h5-6,15H,1-4H2. The fraction of sp³-hybridized carbons (Fsp3) is 0.778. The van der Waals surface area contributed by atoms with Crippen LogP contribution in [0.3, 0.4) is 0 Å². The van der Waals surface area contributed by atoms with Crippen molar-refractivity contribution in [1.82, 2.24) is 10.1 Å². The SMILES string of the molecule is OC1CCCC1c1nc(CC(F)(F)F)no1. The molecule has 1 aliphatic rings. The van der Waals surface area contributed by atoms with Crippen molar-refractivity contribution in [3.8, 4) is 0 Å². The van der Waals surface area contributed by atoms with E-state index in [0.29, 0.717) is 12.8 Å². The zero-order chi connectivity index (χ0) is 11.8. The van der Waals surface area contributed by atoms with Gasteiger partial charge in [-0.25, -0.2) is 0 Å². The molecule has 1 aromatic heterocycles. The molecule has 0 radical (unpaired) electrons. The largest absolute Gasteiger partial charge is 0.396 e. The number of hydrogen-bond donors (Lipinski definition) is 1. The number of nitrogens with zero attached hydrogens (tertiary/aromatic N) is 2. The third kappa shape index (κ3) is 2.52. The first-order valence-electron chi connectivity index (χ1n) is 5.03. The summed E-state index contributed by atoms with van der Waals surface area (Å²) in [6.45, 7) is 0. The molecule has 4 nitrogen and oxygen atoms in total. The summed E-state index contributed by atoms with van der Waals surface area (Å²) in [5, 5.41) is 12.8. The highest BCUT2D eigenvalue weighted by molar-refractivity contribution is 5.00. The highest BCUT2D eigenvalue weighted by Gasteiger charge is 2.34. The second kappa shape index (κ2) is 4.04. The Kier molecular flexibility index (Phi) is 2.88. The number of hydrogen-bond acceptors (Lipinski definition) is 4. The number of aliphatic hydroxyl groups excluding tert-OH is 1. The molecular formula is C9H11F3N2O2. The molecule has 0 aliphatic heterocycles. The predicted octanol–water partition coefficient (Wildman–Crippen LogP) is 1.80. The van der Waals surface area contributed by atoms with Crippen molar-refractivity contribution in [3.05, 3.63) is 11.7 Å². The van der Waals surface area contributed by atoms with Crippen LogP contribution in [-0.4, -0.2) is 27.5 Å². The van der Waals surface area contributed by atoms with Gasteiger partial charge in [-0.3, -0.25) is 0 Å². The summed E-state index contributed by atoms with van der Waals surface area (Å²) < 4.78 is 40.8. The Labute approximate surface area is 89.5 Å². The van der Waals surface area contributed by atoms with Crippen molar-refractivity contribution in [3.63, 3.8) is 0 Å². The van der Waals surface area contributed by atoms with E-state index >= 15 is 0 Å². The molecule has 1 aliphatic carbocycles. The fourth-order valence-corrected chi connectivity index (χ4v) is 1.90. The molecule has 1 heterocycles. The molecular weight excluding hydrogens is 225 g/mol. The number of halogens is 3. The second-order valence-corrected chi connectivity index (χ2v) is 3.95. The molecule has 1 fully saturated rings. The highest BCUT2D eigenvalue weighted by Crippen LogP contribution is 2.33. The number of alkyl halides is 3. The van der Waals surface area contributed by atoms with Gasteiger partial charge >= 0.3 is 6.18 Å². The maximum absolute atomic E-state index is 12.0. The summed E-state index contributed by atoms with van der Waals surface area (Å²) in [5.41, 5.74) is 0. The maximum Gasteiger partial charge on any atom is 0.396 e. The minimum absolute atomic E-state index is 0.115. The van der Waals surface area contributed by atoms with E-state index in [1.165, 1.54) is 0 Å². The lowest BCUT2D eigenvalue weighted by atomic mass is 10.1. The summed E-state index contributed by atoms with van der Waals surface area (Å²) >= 11 is 0. The topological polar surface area (TPSA) is 59.2 Å². The van der Waals surface area contributed by atoms with E-state index in [0.717, 1.165) is 6.42 Å². The lowest BCUT2D eigenvalue weighted by molar-refractivity contribution is -0.128. The summed E-state index contributed by atoms with van der Waals surface area (Å²) in [6.07, 6.45) is -3.99. The van der Waals surface area contributed by atoms with Gasteiger partial charge in [-0.15, -0.1) is 0 Å². The van der Waals surface area contributed by atoms with E-state index in [-0.39, 0.29) is 17.6 Å². The normalized spacial score (nSPS) is 26.2. The zero-order valence-corrected chi connectivity index (χ0v) is 8.37. The van der Waals surface area contributed by atoms with Crippen LogP contribution >= 0.6 is 0 Å². The molecule has 0 amide bonds. The molecule has 16 heavy (non-hydrogen) atoms. The van der Waals surface area contributed by atoms with E-state index in [4.69, 9.17) is 4.52 Å². The third-order valence-electron chi connectivity index (χ3n) is 2.64. The molecule has 2 rings (SSSR count). The number of rotatable bonds is 2. The van der Waals surface area contributed by atoms with Crippen LogP contribution < -0.4 is 0 Å². The van der Waals surface area contributed by atoms with Crippen molar-refractivity contribution in [2.24, 2.45) is 0 Å². The number of aromatic nitrogens is 2. The third-order valence-corrected chi connectivity index (χ3v) is 2.64. The van der Waals surface area contributed by atoms with Crippen LogP contribution in [-0.2, 0) is 6.42 Å². The minimum Gasteiger partial charge on any atom is -0.392 e. The van der Waals surface area contributed by atoms with Crippen LogP contribution in [0.5, 0.6) is 0 Å². The minimum atomic E-state index is -4.34. The van der Waals surface area contributed by atoms with Crippen molar-refractivity contribution >= 4 is 0 Å². The zero-order valence-electron chi connectivity index (χ0n) is 8.37. The molecule has 0 saturated heterocycles. The van der Waals surface area contributed by atoms with Crippen LogP contribution in [0.2, 0.25) is 0 Å². The first kappa shape index (κ1) is 11.4.